The summed E-state index contributed by atoms with van der Waals surface area (Å²) >= 11 is 0. The van der Waals surface area contributed by atoms with Gasteiger partial charge in [0.1, 0.15) is 0 Å². The molecule has 0 bridgehead atoms. The number of methoxy groups -OCH3 is 3. The van der Waals surface area contributed by atoms with E-state index in [-0.39, 0.29) is 5.91 Å². The molecule has 0 aliphatic rings. The first-order chi connectivity index (χ1) is 12.2. The first kappa shape index (κ1) is 18.6. The van der Waals surface area contributed by atoms with Crippen LogP contribution in [0.5, 0.6) is 17.2 Å². The molecule has 0 saturated carbocycles. The SMILES string of the molecule is COc1cc(NC(=O)CCCCc2ccccc2)cc(OC)c1OC. The smallest absolute Gasteiger partial charge is 0.224 e. The maximum absolute atomic E-state index is 12.2. The third-order valence-corrected chi connectivity index (χ3v) is 3.91. The number of nitrogens with one attached hydrogen (secondary N) is 1. The molecule has 2 aromatic carbocycles. The molecule has 0 atom stereocenters. The van der Waals surface area contributed by atoms with Crippen molar-refractivity contribution >= 4 is 11.6 Å². The second-order valence-electron chi connectivity index (χ2n) is 5.65. The van der Waals surface area contributed by atoms with E-state index in [1.54, 1.807) is 33.5 Å². The number of hydrogen-bond donors (Lipinski definition) is 1. The minimum Gasteiger partial charge on any atom is -0.493 e. The lowest BCUT2D eigenvalue weighted by Crippen LogP contribution is -2.11. The molecule has 0 unspecified atom stereocenters. The van der Waals surface area contributed by atoms with Gasteiger partial charge in [-0.3, -0.25) is 4.79 Å². The van der Waals surface area contributed by atoms with E-state index in [0.29, 0.717) is 29.4 Å². The van der Waals surface area contributed by atoms with E-state index in [1.807, 2.05) is 18.2 Å². The van der Waals surface area contributed by atoms with Gasteiger partial charge in [-0.05, 0) is 24.8 Å². The molecule has 1 N–H and O–H groups in total. The molecule has 0 aromatic heterocycles. The zero-order valence-electron chi connectivity index (χ0n) is 15.0. The monoisotopic (exact) mass is 343 g/mol. The van der Waals surface area contributed by atoms with Gasteiger partial charge in [-0.15, -0.1) is 0 Å². The molecule has 1 amide bonds. The van der Waals surface area contributed by atoms with Crippen molar-refractivity contribution in [2.24, 2.45) is 0 Å². The number of carbonyl (C=O) groups is 1. The van der Waals surface area contributed by atoms with Crippen LogP contribution in [-0.4, -0.2) is 27.2 Å². The lowest BCUT2D eigenvalue weighted by molar-refractivity contribution is -0.116. The number of rotatable bonds is 9. The van der Waals surface area contributed by atoms with Crippen LogP contribution in [-0.2, 0) is 11.2 Å². The summed E-state index contributed by atoms with van der Waals surface area (Å²) < 4.78 is 15.9. The summed E-state index contributed by atoms with van der Waals surface area (Å²) in [5.74, 6) is 1.51. The third-order valence-electron chi connectivity index (χ3n) is 3.91. The number of amides is 1. The van der Waals surface area contributed by atoms with Gasteiger partial charge in [0.2, 0.25) is 11.7 Å². The molecule has 2 aromatic rings. The number of aryl methyl sites for hydroxylation is 1. The normalized spacial score (nSPS) is 10.2. The maximum Gasteiger partial charge on any atom is 0.224 e. The highest BCUT2D eigenvalue weighted by Crippen LogP contribution is 2.39. The van der Waals surface area contributed by atoms with Gasteiger partial charge in [-0.1, -0.05) is 30.3 Å². The first-order valence-electron chi connectivity index (χ1n) is 8.31. The fraction of sp³-hybridized carbons (Fsp3) is 0.350. The summed E-state index contributed by atoms with van der Waals surface area (Å²) in [7, 11) is 4.64. The Balaban J connectivity index is 1.87. The highest BCUT2D eigenvalue weighted by molar-refractivity contribution is 5.91. The predicted octanol–water partition coefficient (Wildman–Crippen LogP) is 4.06. The Morgan fingerprint density at radius 1 is 0.920 bits per heavy atom. The Labute approximate surface area is 148 Å². The average molecular weight is 343 g/mol. The van der Waals surface area contributed by atoms with Gasteiger partial charge in [0.25, 0.3) is 0 Å². The highest BCUT2D eigenvalue weighted by atomic mass is 16.5. The Kier molecular flexibility index (Phi) is 7.14. The molecule has 5 heteroatoms. The minimum atomic E-state index is -0.0256. The molecule has 25 heavy (non-hydrogen) atoms. The number of carbonyl (C=O) groups excluding carboxylic acids is 1. The topological polar surface area (TPSA) is 56.8 Å². The lowest BCUT2D eigenvalue weighted by atomic mass is 10.1. The Hall–Kier alpha value is -2.69. The summed E-state index contributed by atoms with van der Waals surface area (Å²) in [6.45, 7) is 0. The number of hydrogen-bond acceptors (Lipinski definition) is 4. The quantitative estimate of drug-likeness (QED) is 0.698. The summed E-state index contributed by atoms with van der Waals surface area (Å²) in [6, 6.07) is 13.7. The fourth-order valence-corrected chi connectivity index (χ4v) is 2.64. The molecule has 0 saturated heterocycles. The minimum absolute atomic E-state index is 0.0256. The molecule has 0 heterocycles. The molecule has 2 rings (SSSR count). The molecule has 5 nitrogen and oxygen atoms in total. The van der Waals surface area contributed by atoms with E-state index in [9.17, 15) is 4.79 Å². The van der Waals surface area contributed by atoms with Crippen LogP contribution in [0, 0.1) is 0 Å². The standard InChI is InChI=1S/C20H25NO4/c1-23-17-13-16(14-18(24-2)20(17)25-3)21-19(22)12-8-7-11-15-9-5-4-6-10-15/h4-6,9-10,13-14H,7-8,11-12H2,1-3H3,(H,21,22). The van der Waals surface area contributed by atoms with Crippen LogP contribution >= 0.6 is 0 Å². The van der Waals surface area contributed by atoms with Crippen molar-refractivity contribution in [1.82, 2.24) is 0 Å². The Morgan fingerprint density at radius 3 is 2.12 bits per heavy atom. The second kappa shape index (κ2) is 9.57. The van der Waals surface area contributed by atoms with E-state index in [4.69, 9.17) is 14.2 Å². The van der Waals surface area contributed by atoms with Crippen molar-refractivity contribution < 1.29 is 19.0 Å². The van der Waals surface area contributed by atoms with E-state index in [2.05, 4.69) is 17.4 Å². The zero-order valence-corrected chi connectivity index (χ0v) is 15.0. The number of ether oxygens (including phenoxy) is 3. The van der Waals surface area contributed by atoms with Gasteiger partial charge >= 0.3 is 0 Å². The highest BCUT2D eigenvalue weighted by Gasteiger charge is 2.14. The molecule has 0 radical (unpaired) electrons. The van der Waals surface area contributed by atoms with E-state index >= 15 is 0 Å². The van der Waals surface area contributed by atoms with Crippen LogP contribution in [0.2, 0.25) is 0 Å². The number of anilines is 1. The van der Waals surface area contributed by atoms with Crippen molar-refractivity contribution in [1.29, 1.82) is 0 Å². The zero-order chi connectivity index (χ0) is 18.1. The van der Waals surface area contributed by atoms with Crippen molar-refractivity contribution in [3.8, 4) is 17.2 Å². The number of unbranched alkanes of at least 4 members (excludes halogenated alkanes) is 1. The predicted molar refractivity (Wildman–Crippen MR) is 98.7 cm³/mol. The van der Waals surface area contributed by atoms with Crippen LogP contribution < -0.4 is 19.5 Å². The van der Waals surface area contributed by atoms with Gasteiger partial charge in [0, 0.05) is 24.2 Å². The lowest BCUT2D eigenvalue weighted by Gasteiger charge is -2.14. The van der Waals surface area contributed by atoms with Crippen LogP contribution in [0.25, 0.3) is 0 Å². The Bertz CT molecular complexity index is 660. The van der Waals surface area contributed by atoms with Crippen LogP contribution in [0.1, 0.15) is 24.8 Å². The van der Waals surface area contributed by atoms with Gasteiger partial charge in [-0.2, -0.15) is 0 Å². The molecule has 0 aliphatic carbocycles. The van der Waals surface area contributed by atoms with E-state index in [1.165, 1.54) is 5.56 Å². The maximum atomic E-state index is 12.2. The second-order valence-corrected chi connectivity index (χ2v) is 5.65. The van der Waals surface area contributed by atoms with Crippen molar-refractivity contribution in [3.05, 3.63) is 48.0 Å². The summed E-state index contributed by atoms with van der Waals surface area (Å²) in [5, 5.41) is 2.89. The Morgan fingerprint density at radius 2 is 1.56 bits per heavy atom. The molecule has 0 aliphatic heterocycles. The molecule has 0 spiro atoms. The van der Waals surface area contributed by atoms with Gasteiger partial charge in [0.15, 0.2) is 11.5 Å². The summed E-state index contributed by atoms with van der Waals surface area (Å²) in [4.78, 5) is 12.2. The van der Waals surface area contributed by atoms with Crippen molar-refractivity contribution in [3.63, 3.8) is 0 Å². The van der Waals surface area contributed by atoms with Gasteiger partial charge in [-0.25, -0.2) is 0 Å². The van der Waals surface area contributed by atoms with Crippen LogP contribution in [0.3, 0.4) is 0 Å². The molecule has 134 valence electrons. The largest absolute Gasteiger partial charge is 0.493 e. The molecular formula is C20H25NO4. The van der Waals surface area contributed by atoms with Crippen LogP contribution in [0.15, 0.2) is 42.5 Å². The van der Waals surface area contributed by atoms with Gasteiger partial charge in [0.05, 0.1) is 21.3 Å². The summed E-state index contributed by atoms with van der Waals surface area (Å²) in [6.07, 6.45) is 3.28. The average Bonchev–Trinajstić information content (AvgIpc) is 2.65. The van der Waals surface area contributed by atoms with Crippen molar-refractivity contribution in [2.45, 2.75) is 25.7 Å². The molecule has 0 fully saturated rings. The summed E-state index contributed by atoms with van der Waals surface area (Å²) in [5.41, 5.74) is 1.93. The van der Waals surface area contributed by atoms with E-state index in [0.717, 1.165) is 19.3 Å². The van der Waals surface area contributed by atoms with Crippen molar-refractivity contribution in [2.75, 3.05) is 26.6 Å². The fourth-order valence-electron chi connectivity index (χ4n) is 2.64. The van der Waals surface area contributed by atoms with E-state index < -0.39 is 0 Å². The van der Waals surface area contributed by atoms with Crippen LogP contribution in [0.4, 0.5) is 5.69 Å². The third kappa shape index (κ3) is 5.41. The first-order valence-corrected chi connectivity index (χ1v) is 8.31. The molecular weight excluding hydrogens is 318 g/mol. The number of benzene rings is 2. The van der Waals surface area contributed by atoms with Gasteiger partial charge < -0.3 is 19.5 Å².